The quantitative estimate of drug-likeness (QED) is 0.211. The Morgan fingerprint density at radius 3 is 2.51 bits per heavy atom. The van der Waals surface area contributed by atoms with E-state index in [9.17, 15) is 14.4 Å². The van der Waals surface area contributed by atoms with Crippen molar-refractivity contribution in [2.24, 2.45) is 0 Å². The second kappa shape index (κ2) is 12.7. The molecule has 4 aromatic rings. The van der Waals surface area contributed by atoms with Gasteiger partial charge in [0, 0.05) is 35.8 Å². The Balaban J connectivity index is 1.15. The summed E-state index contributed by atoms with van der Waals surface area (Å²) in [5, 5.41) is 3.16. The molecule has 1 amide bonds. The van der Waals surface area contributed by atoms with E-state index in [0.717, 1.165) is 27.8 Å². The molecule has 0 saturated carbocycles. The average Bonchev–Trinajstić information content (AvgIpc) is 3.02. The van der Waals surface area contributed by atoms with Crippen molar-refractivity contribution in [2.75, 3.05) is 20.3 Å². The first-order valence-corrected chi connectivity index (χ1v) is 14.8. The van der Waals surface area contributed by atoms with Gasteiger partial charge in [-0.3, -0.25) is 9.59 Å². The highest BCUT2D eigenvalue weighted by atomic mass is 32.2. The average molecular weight is 599 g/mol. The summed E-state index contributed by atoms with van der Waals surface area (Å²) in [7, 11) is 1.60. The Morgan fingerprint density at radius 2 is 1.72 bits per heavy atom. The number of amides is 1. The summed E-state index contributed by atoms with van der Waals surface area (Å²) in [5.74, 6) is 0.783. The lowest BCUT2D eigenvalue weighted by Gasteiger charge is -2.51. The zero-order chi connectivity index (χ0) is 29.8. The van der Waals surface area contributed by atoms with E-state index < -0.39 is 10.9 Å². The van der Waals surface area contributed by atoms with Crippen molar-refractivity contribution in [3.8, 4) is 11.5 Å². The minimum atomic E-state index is -0.633. The number of thioether (sulfide) groups is 1. The number of carbonyl (C=O) groups excluding carboxylic acids is 2. The fourth-order valence-electron chi connectivity index (χ4n) is 5.05. The smallest absolute Gasteiger partial charge is 0.336 e. The minimum absolute atomic E-state index is 0.0591. The van der Waals surface area contributed by atoms with Crippen LogP contribution in [0.25, 0.3) is 11.0 Å². The summed E-state index contributed by atoms with van der Waals surface area (Å²) in [6.07, 6.45) is 2.23. The number of ether oxygens (including phenoxy) is 3. The van der Waals surface area contributed by atoms with E-state index in [2.05, 4.69) is 10.2 Å². The highest BCUT2D eigenvalue weighted by Gasteiger charge is 2.46. The Bertz CT molecular complexity index is 1700. The van der Waals surface area contributed by atoms with Crippen molar-refractivity contribution >= 4 is 34.6 Å². The number of hydrogen-bond donors (Lipinski definition) is 1. The zero-order valence-electron chi connectivity index (χ0n) is 23.4. The van der Waals surface area contributed by atoms with Gasteiger partial charge < -0.3 is 28.8 Å². The number of hydrogen-bond acceptors (Lipinski definition) is 9. The van der Waals surface area contributed by atoms with Crippen LogP contribution in [0.2, 0.25) is 0 Å². The van der Waals surface area contributed by atoms with Crippen LogP contribution in [0.3, 0.4) is 0 Å². The first kappa shape index (κ1) is 28.4. The standard InChI is InChI=1S/C33H30N2O7S/c1-39-25-11-7-22(8-12-25)19-41-33(38)31-24(20-40-26-13-9-23-10-14-30(37)42-28(23)16-26)17-35-18-27(32(35)43-31)34-29(36)15-21-5-3-2-4-6-21/h2-14,16-17,27,31-32H,15,18-20H2,1H3,(H,34,36)/t27-,31?,32-/m1/s1. The van der Waals surface area contributed by atoms with Gasteiger partial charge >= 0.3 is 11.6 Å². The molecule has 3 atom stereocenters. The monoisotopic (exact) mass is 598 g/mol. The summed E-state index contributed by atoms with van der Waals surface area (Å²) in [4.78, 5) is 40.0. The molecule has 9 nitrogen and oxygen atoms in total. The number of nitrogens with zero attached hydrogens (tertiary/aromatic N) is 1. The molecule has 2 aliphatic rings. The van der Waals surface area contributed by atoms with E-state index in [1.165, 1.54) is 17.8 Å². The summed E-state index contributed by atoms with van der Waals surface area (Å²) in [5.41, 5.74) is 2.50. The molecule has 3 heterocycles. The molecule has 0 spiro atoms. The molecule has 1 N–H and O–H groups in total. The van der Waals surface area contributed by atoms with Gasteiger partial charge in [0.05, 0.1) is 24.9 Å². The second-order valence-corrected chi connectivity index (χ2v) is 11.6. The van der Waals surface area contributed by atoms with Gasteiger partial charge in [-0.2, -0.15) is 0 Å². The van der Waals surface area contributed by atoms with E-state index in [0.29, 0.717) is 24.3 Å². The fraction of sp³-hybridized carbons (Fsp3) is 0.242. The van der Waals surface area contributed by atoms with E-state index in [4.69, 9.17) is 18.6 Å². The van der Waals surface area contributed by atoms with Crippen LogP contribution in [0.4, 0.5) is 0 Å². The first-order chi connectivity index (χ1) is 20.9. The Kier molecular flexibility index (Phi) is 8.37. The predicted molar refractivity (Wildman–Crippen MR) is 163 cm³/mol. The van der Waals surface area contributed by atoms with Crippen molar-refractivity contribution in [1.82, 2.24) is 10.2 Å². The van der Waals surface area contributed by atoms with Crippen LogP contribution < -0.4 is 20.4 Å². The van der Waals surface area contributed by atoms with E-state index in [1.54, 1.807) is 25.3 Å². The lowest BCUT2D eigenvalue weighted by atomic mass is 10.1. The number of nitrogens with one attached hydrogen (secondary N) is 1. The van der Waals surface area contributed by atoms with Gasteiger partial charge in [0.25, 0.3) is 0 Å². The van der Waals surface area contributed by atoms with Gasteiger partial charge in [-0.05, 0) is 41.5 Å². The molecule has 0 aliphatic carbocycles. The summed E-state index contributed by atoms with van der Waals surface area (Å²) in [6, 6.07) is 25.2. The molecule has 10 heteroatoms. The van der Waals surface area contributed by atoms with Crippen molar-refractivity contribution in [2.45, 2.75) is 29.7 Å². The van der Waals surface area contributed by atoms with Crippen LogP contribution in [0, 0.1) is 0 Å². The SMILES string of the molecule is COc1ccc(COC(=O)C2S[C@@H]3[C@H](NC(=O)Cc4ccccc4)CN3C=C2COc2ccc3ccc(=O)oc3c2)cc1. The Morgan fingerprint density at radius 1 is 0.953 bits per heavy atom. The van der Waals surface area contributed by atoms with Crippen LogP contribution in [-0.4, -0.2) is 53.7 Å². The maximum Gasteiger partial charge on any atom is 0.336 e. The molecule has 0 bridgehead atoms. The molecule has 1 aromatic heterocycles. The number of methoxy groups -OCH3 is 1. The molecule has 1 fully saturated rings. The lowest BCUT2D eigenvalue weighted by molar-refractivity contribution is -0.143. The molecular formula is C33H30N2O7S. The summed E-state index contributed by atoms with van der Waals surface area (Å²) >= 11 is 1.44. The molecule has 220 valence electrons. The highest BCUT2D eigenvalue weighted by molar-refractivity contribution is 8.01. The van der Waals surface area contributed by atoms with Gasteiger partial charge in [-0.15, -0.1) is 11.8 Å². The normalized spacial score (nSPS) is 19.0. The number of fused-ring (bicyclic) bond motifs is 2. The van der Waals surface area contributed by atoms with Gasteiger partial charge in [0.15, 0.2) is 0 Å². The fourth-order valence-corrected chi connectivity index (χ4v) is 6.46. The minimum Gasteiger partial charge on any atom is -0.497 e. The lowest BCUT2D eigenvalue weighted by Crippen LogP contribution is -2.65. The van der Waals surface area contributed by atoms with Crippen LogP contribution in [0.1, 0.15) is 11.1 Å². The van der Waals surface area contributed by atoms with Crippen LogP contribution >= 0.6 is 11.8 Å². The zero-order valence-corrected chi connectivity index (χ0v) is 24.3. The molecule has 3 aromatic carbocycles. The molecule has 6 rings (SSSR count). The predicted octanol–water partition coefficient (Wildman–Crippen LogP) is 4.29. The highest BCUT2D eigenvalue weighted by Crippen LogP contribution is 2.40. The third kappa shape index (κ3) is 6.70. The summed E-state index contributed by atoms with van der Waals surface area (Å²) < 4.78 is 22.3. The van der Waals surface area contributed by atoms with Crippen molar-refractivity contribution in [3.05, 3.63) is 118 Å². The first-order valence-electron chi connectivity index (χ1n) is 13.9. The molecule has 2 aliphatic heterocycles. The number of benzene rings is 3. The number of esters is 1. The van der Waals surface area contributed by atoms with Crippen LogP contribution in [-0.2, 0) is 27.4 Å². The van der Waals surface area contributed by atoms with Crippen LogP contribution in [0.5, 0.6) is 11.5 Å². The largest absolute Gasteiger partial charge is 0.497 e. The van der Waals surface area contributed by atoms with Gasteiger partial charge in [0.2, 0.25) is 5.91 Å². The molecule has 1 saturated heterocycles. The van der Waals surface area contributed by atoms with E-state index in [-0.39, 0.29) is 36.5 Å². The van der Waals surface area contributed by atoms with Crippen molar-refractivity contribution < 1.29 is 28.2 Å². The van der Waals surface area contributed by atoms with Crippen molar-refractivity contribution in [1.29, 1.82) is 0 Å². The van der Waals surface area contributed by atoms with Gasteiger partial charge in [-0.25, -0.2) is 4.79 Å². The summed E-state index contributed by atoms with van der Waals surface area (Å²) in [6.45, 7) is 0.867. The maximum absolute atomic E-state index is 13.5. The van der Waals surface area contributed by atoms with Crippen molar-refractivity contribution in [3.63, 3.8) is 0 Å². The van der Waals surface area contributed by atoms with E-state index >= 15 is 0 Å². The van der Waals surface area contributed by atoms with Gasteiger partial charge in [-0.1, -0.05) is 42.5 Å². The second-order valence-electron chi connectivity index (χ2n) is 10.3. The molecule has 0 radical (unpaired) electrons. The third-order valence-electron chi connectivity index (χ3n) is 7.33. The van der Waals surface area contributed by atoms with Gasteiger partial charge in [0.1, 0.15) is 35.5 Å². The van der Waals surface area contributed by atoms with Crippen LogP contribution in [0.15, 0.2) is 106 Å². The third-order valence-corrected chi connectivity index (χ3v) is 8.98. The molecule has 43 heavy (non-hydrogen) atoms. The number of rotatable bonds is 10. The number of carbonyl (C=O) groups is 2. The molecular weight excluding hydrogens is 568 g/mol. The Labute approximate surface area is 252 Å². The van der Waals surface area contributed by atoms with E-state index in [1.807, 2.05) is 66.9 Å². The maximum atomic E-state index is 13.5. The Hall–Kier alpha value is -4.70. The topological polar surface area (TPSA) is 107 Å². The molecule has 1 unspecified atom stereocenters.